The van der Waals surface area contributed by atoms with E-state index in [1.165, 1.54) is 0 Å². The summed E-state index contributed by atoms with van der Waals surface area (Å²) < 4.78 is 6.94. The number of benzene rings is 2. The van der Waals surface area contributed by atoms with Crippen molar-refractivity contribution in [3.05, 3.63) is 76.2 Å². The van der Waals surface area contributed by atoms with E-state index < -0.39 is 0 Å². The molecular formula is C24H24N4O3. The van der Waals surface area contributed by atoms with Crippen molar-refractivity contribution in [2.24, 2.45) is 7.05 Å². The zero-order valence-corrected chi connectivity index (χ0v) is 17.7. The van der Waals surface area contributed by atoms with E-state index in [2.05, 4.69) is 22.3 Å². The Morgan fingerprint density at radius 2 is 1.97 bits per heavy atom. The molecule has 0 saturated carbocycles. The number of anilines is 1. The number of amides is 1. The first-order chi connectivity index (χ1) is 15.0. The molecule has 0 spiro atoms. The summed E-state index contributed by atoms with van der Waals surface area (Å²) in [4.78, 5) is 27.8. The van der Waals surface area contributed by atoms with E-state index >= 15 is 0 Å². The number of nitrogens with zero attached hydrogens (tertiary/aromatic N) is 2. The molecule has 2 N–H and O–H groups in total. The Morgan fingerprint density at radius 3 is 2.74 bits per heavy atom. The number of ether oxygens (including phenoxy) is 1. The first-order valence-corrected chi connectivity index (χ1v) is 10.1. The molecule has 0 aliphatic heterocycles. The average Bonchev–Trinajstić information content (AvgIpc) is 3.15. The number of methoxy groups -OCH3 is 1. The number of nitrogens with one attached hydrogen (secondary N) is 2. The minimum Gasteiger partial charge on any atom is -0.496 e. The first kappa shape index (κ1) is 20.4. The van der Waals surface area contributed by atoms with Gasteiger partial charge in [0.25, 0.3) is 5.91 Å². The lowest BCUT2D eigenvalue weighted by molar-refractivity contribution is 0.101. The molecule has 0 atom stereocenters. The van der Waals surface area contributed by atoms with Crippen molar-refractivity contribution in [2.75, 3.05) is 12.4 Å². The summed E-state index contributed by atoms with van der Waals surface area (Å²) in [7, 11) is 3.33. The van der Waals surface area contributed by atoms with Crippen LogP contribution in [0.2, 0.25) is 0 Å². The van der Waals surface area contributed by atoms with Gasteiger partial charge in [-0.25, -0.2) is 0 Å². The molecule has 2 aromatic heterocycles. The topological polar surface area (TPSA) is 89.0 Å². The number of aromatic nitrogens is 3. The Kier molecular flexibility index (Phi) is 5.58. The van der Waals surface area contributed by atoms with E-state index in [9.17, 15) is 9.59 Å². The predicted molar refractivity (Wildman–Crippen MR) is 122 cm³/mol. The number of fused-ring (bicyclic) bond motifs is 1. The molecule has 0 fully saturated rings. The Labute approximate surface area is 179 Å². The van der Waals surface area contributed by atoms with Crippen LogP contribution in [0.4, 0.5) is 5.69 Å². The Morgan fingerprint density at radius 1 is 1.16 bits per heavy atom. The van der Waals surface area contributed by atoms with Crippen molar-refractivity contribution >= 4 is 22.5 Å². The maximum absolute atomic E-state index is 12.9. The van der Waals surface area contributed by atoms with Crippen LogP contribution in [0.15, 0.2) is 59.4 Å². The number of hydrogen-bond donors (Lipinski definition) is 2. The molecule has 2 aromatic carbocycles. The van der Waals surface area contributed by atoms with Crippen LogP contribution in [-0.4, -0.2) is 27.8 Å². The smallest absolute Gasteiger partial charge is 0.273 e. The Balaban J connectivity index is 1.63. The van der Waals surface area contributed by atoms with Crippen LogP contribution in [0.3, 0.4) is 0 Å². The average molecular weight is 416 g/mol. The monoisotopic (exact) mass is 416 g/mol. The van der Waals surface area contributed by atoms with Gasteiger partial charge in [-0.05, 0) is 42.3 Å². The van der Waals surface area contributed by atoms with Gasteiger partial charge in [-0.2, -0.15) is 5.10 Å². The van der Waals surface area contributed by atoms with Gasteiger partial charge in [0.05, 0.1) is 18.3 Å². The molecule has 2 heterocycles. The quantitative estimate of drug-likeness (QED) is 0.494. The molecule has 4 aromatic rings. The van der Waals surface area contributed by atoms with Crippen molar-refractivity contribution in [2.45, 2.75) is 19.8 Å². The molecule has 158 valence electrons. The molecule has 0 radical (unpaired) electrons. The van der Waals surface area contributed by atoms with E-state index in [1.54, 1.807) is 37.0 Å². The van der Waals surface area contributed by atoms with Crippen LogP contribution in [0.25, 0.3) is 22.2 Å². The van der Waals surface area contributed by atoms with Gasteiger partial charge < -0.3 is 15.0 Å². The number of H-pyrrole nitrogens is 1. The molecule has 0 aliphatic rings. The summed E-state index contributed by atoms with van der Waals surface area (Å²) in [6.45, 7) is 2.08. The van der Waals surface area contributed by atoms with Crippen molar-refractivity contribution in [1.82, 2.24) is 14.8 Å². The Hall–Kier alpha value is -3.87. The highest BCUT2D eigenvalue weighted by molar-refractivity contribution is 6.04. The molecular weight excluding hydrogens is 392 g/mol. The zero-order chi connectivity index (χ0) is 22.0. The lowest BCUT2D eigenvalue weighted by Crippen LogP contribution is -2.16. The van der Waals surface area contributed by atoms with E-state index in [0.717, 1.165) is 29.4 Å². The van der Waals surface area contributed by atoms with Gasteiger partial charge in [0, 0.05) is 29.8 Å². The molecule has 0 saturated heterocycles. The highest BCUT2D eigenvalue weighted by atomic mass is 16.5. The lowest BCUT2D eigenvalue weighted by Gasteiger charge is -2.09. The first-order valence-electron chi connectivity index (χ1n) is 10.1. The molecule has 7 nitrogen and oxygen atoms in total. The number of aromatic amines is 1. The summed E-state index contributed by atoms with van der Waals surface area (Å²) in [5.74, 6) is 0.400. The van der Waals surface area contributed by atoms with Crippen LogP contribution < -0.4 is 15.6 Å². The Bertz CT molecular complexity index is 1320. The van der Waals surface area contributed by atoms with E-state index in [-0.39, 0.29) is 11.5 Å². The minimum atomic E-state index is -0.289. The number of carbonyl (C=O) groups excluding carboxylic acids is 1. The van der Waals surface area contributed by atoms with Gasteiger partial charge in [0.2, 0.25) is 5.56 Å². The minimum absolute atomic E-state index is 0.146. The van der Waals surface area contributed by atoms with E-state index in [4.69, 9.17) is 4.74 Å². The number of rotatable bonds is 6. The second-order valence-corrected chi connectivity index (χ2v) is 7.36. The van der Waals surface area contributed by atoms with Crippen molar-refractivity contribution in [1.29, 1.82) is 0 Å². The molecule has 4 rings (SSSR count). The third kappa shape index (κ3) is 4.07. The van der Waals surface area contributed by atoms with Crippen molar-refractivity contribution in [3.8, 4) is 17.0 Å². The largest absolute Gasteiger partial charge is 0.496 e. The number of aryl methyl sites for hydroxylation is 2. The van der Waals surface area contributed by atoms with Gasteiger partial charge in [0.1, 0.15) is 11.4 Å². The standard InChI is InChI=1S/C24H24N4O3/c1-4-7-15-12-23(29)26-19-13-16(10-11-17(15)19)25-24(30)21-14-20(27-28(21)2)18-8-5-6-9-22(18)31-3/h5-6,8-14H,4,7H2,1-3H3,(H,25,30)(H,26,29). The predicted octanol–water partition coefficient (Wildman–Crippen LogP) is 4.14. The van der Waals surface area contributed by atoms with Crippen LogP contribution >= 0.6 is 0 Å². The zero-order valence-electron chi connectivity index (χ0n) is 17.7. The van der Waals surface area contributed by atoms with Gasteiger partial charge in [0.15, 0.2) is 0 Å². The third-order valence-corrected chi connectivity index (χ3v) is 5.20. The van der Waals surface area contributed by atoms with Crippen LogP contribution in [0, 0.1) is 0 Å². The molecule has 0 bridgehead atoms. The second-order valence-electron chi connectivity index (χ2n) is 7.36. The third-order valence-electron chi connectivity index (χ3n) is 5.20. The normalized spacial score (nSPS) is 10.9. The summed E-state index contributed by atoms with van der Waals surface area (Å²) in [6.07, 6.45) is 1.78. The lowest BCUT2D eigenvalue weighted by atomic mass is 10.0. The van der Waals surface area contributed by atoms with Crippen molar-refractivity contribution in [3.63, 3.8) is 0 Å². The summed E-state index contributed by atoms with van der Waals surface area (Å²) in [6, 6.07) is 16.5. The summed E-state index contributed by atoms with van der Waals surface area (Å²) in [5, 5.41) is 8.36. The number of pyridine rings is 1. The highest BCUT2D eigenvalue weighted by Crippen LogP contribution is 2.29. The molecule has 31 heavy (non-hydrogen) atoms. The number of hydrogen-bond acceptors (Lipinski definition) is 4. The van der Waals surface area contributed by atoms with Crippen LogP contribution in [0.1, 0.15) is 29.4 Å². The molecule has 0 aliphatic carbocycles. The number of carbonyl (C=O) groups is 1. The van der Waals surface area contributed by atoms with E-state index in [0.29, 0.717) is 28.3 Å². The number of para-hydroxylation sites is 1. The van der Waals surface area contributed by atoms with Gasteiger partial charge in [-0.15, -0.1) is 0 Å². The fraction of sp³-hybridized carbons (Fsp3) is 0.208. The summed E-state index contributed by atoms with van der Waals surface area (Å²) >= 11 is 0. The maximum Gasteiger partial charge on any atom is 0.273 e. The van der Waals surface area contributed by atoms with Crippen LogP contribution in [0.5, 0.6) is 5.75 Å². The van der Waals surface area contributed by atoms with Gasteiger partial charge in [-0.1, -0.05) is 31.5 Å². The highest BCUT2D eigenvalue weighted by Gasteiger charge is 2.17. The summed E-state index contributed by atoms with van der Waals surface area (Å²) in [5.41, 5.74) is 4.03. The van der Waals surface area contributed by atoms with E-state index in [1.807, 2.05) is 36.4 Å². The van der Waals surface area contributed by atoms with Gasteiger partial charge in [-0.3, -0.25) is 14.3 Å². The SMILES string of the molecule is CCCc1cc(=O)[nH]c2cc(NC(=O)c3cc(-c4ccccc4OC)nn3C)ccc12. The van der Waals surface area contributed by atoms with Crippen molar-refractivity contribution < 1.29 is 9.53 Å². The molecule has 0 unspecified atom stereocenters. The molecule has 7 heteroatoms. The van der Waals surface area contributed by atoms with Gasteiger partial charge >= 0.3 is 0 Å². The molecule has 1 amide bonds. The maximum atomic E-state index is 12.9. The fourth-order valence-corrected chi connectivity index (χ4v) is 3.75. The fourth-order valence-electron chi connectivity index (χ4n) is 3.75. The second kappa shape index (κ2) is 8.47. The van der Waals surface area contributed by atoms with Crippen LogP contribution in [-0.2, 0) is 13.5 Å².